The maximum absolute atomic E-state index is 13.8. The normalized spacial score (nSPS) is 17.0. The fourth-order valence-corrected chi connectivity index (χ4v) is 5.24. The summed E-state index contributed by atoms with van der Waals surface area (Å²) in [5.41, 5.74) is 4.03. The zero-order valence-corrected chi connectivity index (χ0v) is 19.7. The molecule has 5 rings (SSSR count). The number of hydrogen-bond donors (Lipinski definition) is 1. The third kappa shape index (κ3) is 5.21. The molecule has 2 aromatic heterocycles. The Morgan fingerprint density at radius 3 is 2.60 bits per heavy atom. The predicted octanol–water partition coefficient (Wildman–Crippen LogP) is 2.20. The highest BCUT2D eigenvalue weighted by Crippen LogP contribution is 2.31. The molecule has 2 aliphatic rings. The third-order valence-electron chi connectivity index (χ3n) is 7.06. The zero-order valence-electron chi connectivity index (χ0n) is 19.7. The smallest absolute Gasteiger partial charge is 0.317 e. The first-order chi connectivity index (χ1) is 17.0. The highest BCUT2D eigenvalue weighted by Gasteiger charge is 2.28. The van der Waals surface area contributed by atoms with E-state index in [1.807, 2.05) is 21.9 Å². The van der Waals surface area contributed by atoms with E-state index in [1.165, 1.54) is 11.6 Å². The van der Waals surface area contributed by atoms with E-state index in [4.69, 9.17) is 5.11 Å². The fraction of sp³-hybridized carbons (Fsp3) is 0.423. The summed E-state index contributed by atoms with van der Waals surface area (Å²) in [5, 5.41) is 10.1. The van der Waals surface area contributed by atoms with Crippen LogP contribution < -0.4 is 0 Å². The van der Waals surface area contributed by atoms with E-state index in [0.717, 1.165) is 41.8 Å². The number of carboxylic acid groups (broad SMARTS) is 1. The minimum absolute atomic E-state index is 0.0708. The van der Waals surface area contributed by atoms with Gasteiger partial charge in [0.15, 0.2) is 0 Å². The van der Waals surface area contributed by atoms with Crippen LogP contribution in [0.5, 0.6) is 0 Å². The van der Waals surface area contributed by atoms with Gasteiger partial charge in [-0.05, 0) is 41.8 Å². The van der Waals surface area contributed by atoms with Gasteiger partial charge in [-0.1, -0.05) is 12.1 Å². The number of pyridine rings is 1. The number of aliphatic carboxylic acids is 1. The lowest BCUT2D eigenvalue weighted by atomic mass is 10.0. The number of carbonyl (C=O) groups is 2. The van der Waals surface area contributed by atoms with Crippen molar-refractivity contribution < 1.29 is 19.1 Å². The van der Waals surface area contributed by atoms with E-state index in [0.29, 0.717) is 45.7 Å². The molecule has 184 valence electrons. The van der Waals surface area contributed by atoms with Gasteiger partial charge in [0.05, 0.1) is 13.1 Å². The Hall–Kier alpha value is -3.30. The van der Waals surface area contributed by atoms with Crippen molar-refractivity contribution in [2.45, 2.75) is 25.9 Å². The number of rotatable bonds is 7. The number of aromatic nitrogens is 2. The monoisotopic (exact) mass is 479 g/mol. The van der Waals surface area contributed by atoms with E-state index in [9.17, 15) is 14.0 Å². The standard InChI is InChI=1S/C26H30FN5O3/c27-20-4-1-3-19(15-20)16-32-23-17-31(10-6-21(23)22-5-2-8-28-26(22)32)24(33)7-9-29-11-13-30(14-12-29)18-25(34)35/h1-5,8,15H,6-7,9-14,16-18H2,(H,34,35). The number of fused-ring (bicyclic) bond motifs is 3. The predicted molar refractivity (Wildman–Crippen MR) is 129 cm³/mol. The van der Waals surface area contributed by atoms with Crippen LogP contribution in [0.2, 0.25) is 0 Å². The second-order valence-corrected chi connectivity index (χ2v) is 9.34. The van der Waals surface area contributed by atoms with Crippen molar-refractivity contribution in [1.29, 1.82) is 0 Å². The third-order valence-corrected chi connectivity index (χ3v) is 7.06. The van der Waals surface area contributed by atoms with E-state index < -0.39 is 5.97 Å². The maximum atomic E-state index is 13.8. The lowest BCUT2D eigenvalue weighted by molar-refractivity contribution is -0.138. The number of benzene rings is 1. The number of nitrogens with zero attached hydrogens (tertiary/aromatic N) is 5. The fourth-order valence-electron chi connectivity index (χ4n) is 5.24. The molecular weight excluding hydrogens is 449 g/mol. The minimum atomic E-state index is -0.803. The van der Waals surface area contributed by atoms with Crippen LogP contribution in [-0.4, -0.2) is 87.0 Å². The van der Waals surface area contributed by atoms with Gasteiger partial charge in [0, 0.05) is 69.5 Å². The molecule has 0 atom stereocenters. The van der Waals surface area contributed by atoms with Gasteiger partial charge < -0.3 is 19.5 Å². The highest BCUT2D eigenvalue weighted by molar-refractivity contribution is 5.84. The Balaban J connectivity index is 1.27. The molecular formula is C26H30FN5O3. The van der Waals surface area contributed by atoms with Crippen LogP contribution in [0.3, 0.4) is 0 Å². The van der Waals surface area contributed by atoms with Gasteiger partial charge >= 0.3 is 5.97 Å². The molecule has 1 fully saturated rings. The molecule has 4 heterocycles. The van der Waals surface area contributed by atoms with Gasteiger partial charge in [-0.15, -0.1) is 0 Å². The number of carboxylic acids is 1. The maximum Gasteiger partial charge on any atom is 0.317 e. The van der Waals surface area contributed by atoms with Gasteiger partial charge in [0.2, 0.25) is 5.91 Å². The molecule has 2 aliphatic heterocycles. The average Bonchev–Trinajstić information content (AvgIpc) is 3.16. The van der Waals surface area contributed by atoms with Gasteiger partial charge in [0.25, 0.3) is 0 Å². The van der Waals surface area contributed by atoms with Crippen molar-refractivity contribution in [3.8, 4) is 0 Å². The molecule has 1 amide bonds. The van der Waals surface area contributed by atoms with Crippen molar-refractivity contribution in [3.05, 3.63) is 65.2 Å². The largest absolute Gasteiger partial charge is 0.480 e. The molecule has 0 saturated carbocycles. The van der Waals surface area contributed by atoms with Crippen molar-refractivity contribution in [2.24, 2.45) is 0 Å². The van der Waals surface area contributed by atoms with Crippen LogP contribution in [0.25, 0.3) is 11.0 Å². The summed E-state index contributed by atoms with van der Waals surface area (Å²) in [5.74, 6) is -0.941. The van der Waals surface area contributed by atoms with Gasteiger partial charge in [-0.3, -0.25) is 14.5 Å². The number of amides is 1. The Morgan fingerprint density at radius 2 is 1.83 bits per heavy atom. The van der Waals surface area contributed by atoms with E-state index in [1.54, 1.807) is 18.3 Å². The molecule has 0 aliphatic carbocycles. The van der Waals surface area contributed by atoms with Crippen LogP contribution in [0.15, 0.2) is 42.6 Å². The van der Waals surface area contributed by atoms with Crippen LogP contribution >= 0.6 is 0 Å². The van der Waals surface area contributed by atoms with Crippen LogP contribution in [-0.2, 0) is 29.1 Å². The van der Waals surface area contributed by atoms with E-state index in [-0.39, 0.29) is 18.3 Å². The molecule has 3 aromatic rings. The molecule has 1 N–H and O–H groups in total. The molecule has 1 aromatic carbocycles. The summed E-state index contributed by atoms with van der Waals surface area (Å²) in [7, 11) is 0. The van der Waals surface area contributed by atoms with Crippen LogP contribution in [0, 0.1) is 5.82 Å². The number of piperazine rings is 1. The first-order valence-electron chi connectivity index (χ1n) is 12.1. The van der Waals surface area contributed by atoms with Gasteiger partial charge in [-0.2, -0.15) is 0 Å². The van der Waals surface area contributed by atoms with Crippen molar-refractivity contribution in [1.82, 2.24) is 24.3 Å². The number of carbonyl (C=O) groups excluding carboxylic acids is 1. The van der Waals surface area contributed by atoms with Crippen molar-refractivity contribution in [3.63, 3.8) is 0 Å². The summed E-state index contributed by atoms with van der Waals surface area (Å²) in [6, 6.07) is 10.6. The Bertz CT molecular complexity index is 1230. The van der Waals surface area contributed by atoms with Gasteiger partial charge in [0.1, 0.15) is 11.5 Å². The molecule has 0 spiro atoms. The summed E-state index contributed by atoms with van der Waals surface area (Å²) in [4.78, 5) is 34.7. The molecule has 0 bridgehead atoms. The molecule has 9 heteroatoms. The summed E-state index contributed by atoms with van der Waals surface area (Å²) < 4.78 is 15.9. The number of hydrogen-bond acceptors (Lipinski definition) is 5. The molecule has 35 heavy (non-hydrogen) atoms. The Morgan fingerprint density at radius 1 is 1.03 bits per heavy atom. The van der Waals surface area contributed by atoms with Crippen molar-refractivity contribution >= 4 is 22.9 Å². The number of halogens is 1. The van der Waals surface area contributed by atoms with Crippen LogP contribution in [0.1, 0.15) is 23.2 Å². The molecule has 8 nitrogen and oxygen atoms in total. The molecule has 0 unspecified atom stereocenters. The highest BCUT2D eigenvalue weighted by atomic mass is 19.1. The zero-order chi connectivity index (χ0) is 24.4. The van der Waals surface area contributed by atoms with Crippen molar-refractivity contribution in [2.75, 3.05) is 45.8 Å². The molecule has 1 saturated heterocycles. The van der Waals surface area contributed by atoms with E-state index >= 15 is 0 Å². The average molecular weight is 480 g/mol. The second-order valence-electron chi connectivity index (χ2n) is 9.34. The lowest BCUT2D eigenvalue weighted by Gasteiger charge is -2.34. The first kappa shape index (κ1) is 23.4. The second kappa shape index (κ2) is 10.1. The van der Waals surface area contributed by atoms with E-state index in [2.05, 4.69) is 20.5 Å². The Kier molecular flexibility index (Phi) is 6.79. The summed E-state index contributed by atoms with van der Waals surface area (Å²) in [6.45, 7) is 5.41. The topological polar surface area (TPSA) is 81.9 Å². The quantitative estimate of drug-likeness (QED) is 0.560. The Labute approximate surface area is 203 Å². The lowest BCUT2D eigenvalue weighted by Crippen LogP contribution is -2.48. The SMILES string of the molecule is O=C(O)CN1CCN(CCC(=O)N2CCc3c(n(Cc4cccc(F)c4)c4ncccc34)C2)CC1. The minimum Gasteiger partial charge on any atom is -0.480 e. The van der Waals surface area contributed by atoms with Gasteiger partial charge in [-0.25, -0.2) is 9.37 Å². The van der Waals surface area contributed by atoms with Crippen LogP contribution in [0.4, 0.5) is 4.39 Å². The summed E-state index contributed by atoms with van der Waals surface area (Å²) >= 11 is 0. The summed E-state index contributed by atoms with van der Waals surface area (Å²) in [6.07, 6.45) is 2.99. The first-order valence-corrected chi connectivity index (χ1v) is 12.1. The molecule has 0 radical (unpaired) electrons.